The SMILES string of the molecule is Cc1c(CCC2CCCN(c3ccc(C#N)c(Cl)c3)C2)ncnc1C(=O)N1CCC(N2CCC(N(C)S(C)(=O)=O)CC2)CC1. The van der Waals surface area contributed by atoms with Crippen molar-refractivity contribution in [2.75, 3.05) is 57.5 Å². The number of sulfonamides is 1. The van der Waals surface area contributed by atoms with E-state index in [9.17, 15) is 18.5 Å². The summed E-state index contributed by atoms with van der Waals surface area (Å²) in [7, 11) is -1.49. The zero-order valence-electron chi connectivity index (χ0n) is 26.1. The third kappa shape index (κ3) is 7.53. The fourth-order valence-electron chi connectivity index (χ4n) is 7.09. The zero-order valence-corrected chi connectivity index (χ0v) is 27.7. The van der Waals surface area contributed by atoms with Crippen LogP contribution in [-0.2, 0) is 16.4 Å². The molecule has 0 spiro atoms. The molecule has 0 bridgehead atoms. The molecule has 5 rings (SSSR count). The van der Waals surface area contributed by atoms with Crippen molar-refractivity contribution in [2.24, 2.45) is 5.92 Å². The normalized spacial score (nSPS) is 21.0. The number of carbonyl (C=O) groups excluding carboxylic acids is 1. The Hall–Kier alpha value is -2.78. The Morgan fingerprint density at radius 3 is 2.48 bits per heavy atom. The number of carbonyl (C=O) groups is 1. The molecule has 3 aliphatic rings. The van der Waals surface area contributed by atoms with Crippen LogP contribution in [0.5, 0.6) is 0 Å². The first-order chi connectivity index (χ1) is 21.0. The van der Waals surface area contributed by atoms with Gasteiger partial charge in [0.1, 0.15) is 18.1 Å². The lowest BCUT2D eigenvalue weighted by Crippen LogP contribution is -2.52. The Morgan fingerprint density at radius 1 is 1.09 bits per heavy atom. The molecule has 1 aromatic carbocycles. The Bertz CT molecular complexity index is 1480. The molecule has 2 aromatic rings. The second-order valence-corrected chi connectivity index (χ2v) is 15.1. The van der Waals surface area contributed by atoms with Crippen LogP contribution in [0.3, 0.4) is 0 Å². The number of rotatable bonds is 8. The molecule has 0 saturated carbocycles. The molecule has 0 aliphatic carbocycles. The van der Waals surface area contributed by atoms with Crippen LogP contribution < -0.4 is 4.90 Å². The van der Waals surface area contributed by atoms with Gasteiger partial charge < -0.3 is 14.7 Å². The number of aromatic nitrogens is 2. The smallest absolute Gasteiger partial charge is 0.272 e. The van der Waals surface area contributed by atoms with Crippen LogP contribution in [0.1, 0.15) is 72.3 Å². The van der Waals surface area contributed by atoms with Gasteiger partial charge in [0.15, 0.2) is 0 Å². The lowest BCUT2D eigenvalue weighted by Gasteiger charge is -2.43. The van der Waals surface area contributed by atoms with Crippen molar-refractivity contribution < 1.29 is 13.2 Å². The molecule has 0 N–H and O–H groups in total. The van der Waals surface area contributed by atoms with E-state index in [1.807, 2.05) is 24.0 Å². The van der Waals surface area contributed by atoms with Crippen molar-refractivity contribution in [3.05, 3.63) is 52.1 Å². The molecule has 3 aliphatic heterocycles. The molecule has 4 heterocycles. The first-order valence-corrected chi connectivity index (χ1v) is 18.0. The number of aryl methyl sites for hydroxylation is 1. The number of benzene rings is 1. The summed E-state index contributed by atoms with van der Waals surface area (Å²) in [5.74, 6) is 0.488. The van der Waals surface area contributed by atoms with Crippen LogP contribution in [-0.4, -0.2) is 103 Å². The number of amides is 1. The molecule has 3 fully saturated rings. The third-order valence-electron chi connectivity index (χ3n) is 9.94. The van der Waals surface area contributed by atoms with E-state index in [1.165, 1.54) is 16.9 Å². The van der Waals surface area contributed by atoms with Gasteiger partial charge in [-0.05, 0) is 95.5 Å². The summed E-state index contributed by atoms with van der Waals surface area (Å²) in [6.45, 7) is 7.04. The summed E-state index contributed by atoms with van der Waals surface area (Å²) in [5, 5.41) is 9.68. The van der Waals surface area contributed by atoms with Crippen LogP contribution in [0.2, 0.25) is 5.02 Å². The summed E-state index contributed by atoms with van der Waals surface area (Å²) in [6, 6.07) is 8.27. The summed E-state index contributed by atoms with van der Waals surface area (Å²) in [5.41, 5.74) is 3.88. The topological polar surface area (TPSA) is 114 Å². The maximum atomic E-state index is 13.6. The van der Waals surface area contributed by atoms with Crippen molar-refractivity contribution in [3.8, 4) is 6.07 Å². The maximum absolute atomic E-state index is 13.6. The van der Waals surface area contributed by atoms with E-state index in [0.717, 1.165) is 94.5 Å². The van der Waals surface area contributed by atoms with Gasteiger partial charge in [-0.3, -0.25) is 4.79 Å². The van der Waals surface area contributed by atoms with E-state index in [0.29, 0.717) is 41.3 Å². The zero-order chi connectivity index (χ0) is 31.4. The maximum Gasteiger partial charge on any atom is 0.272 e. The average Bonchev–Trinajstić information content (AvgIpc) is 3.03. The van der Waals surface area contributed by atoms with Crippen LogP contribution in [0.15, 0.2) is 24.5 Å². The minimum atomic E-state index is -3.17. The van der Waals surface area contributed by atoms with Gasteiger partial charge in [-0.1, -0.05) is 11.6 Å². The quantitative estimate of drug-likeness (QED) is 0.423. The Kier molecular flexibility index (Phi) is 10.5. The van der Waals surface area contributed by atoms with E-state index in [-0.39, 0.29) is 11.9 Å². The van der Waals surface area contributed by atoms with Gasteiger partial charge in [0.2, 0.25) is 10.0 Å². The highest BCUT2D eigenvalue weighted by Gasteiger charge is 2.33. The number of nitriles is 1. The van der Waals surface area contributed by atoms with Gasteiger partial charge in [-0.25, -0.2) is 22.7 Å². The molecular formula is C32H44ClN7O3S. The summed E-state index contributed by atoms with van der Waals surface area (Å²) in [4.78, 5) is 29.3. The van der Waals surface area contributed by atoms with Crippen molar-refractivity contribution in [1.29, 1.82) is 5.26 Å². The van der Waals surface area contributed by atoms with Gasteiger partial charge in [0.05, 0.1) is 16.8 Å². The molecule has 238 valence electrons. The summed E-state index contributed by atoms with van der Waals surface area (Å²) < 4.78 is 25.4. The van der Waals surface area contributed by atoms with Gasteiger partial charge in [-0.15, -0.1) is 0 Å². The molecule has 1 aromatic heterocycles. The highest BCUT2D eigenvalue weighted by molar-refractivity contribution is 7.88. The van der Waals surface area contributed by atoms with Gasteiger partial charge in [-0.2, -0.15) is 5.26 Å². The van der Waals surface area contributed by atoms with Crippen molar-refractivity contribution >= 4 is 33.2 Å². The fraction of sp³-hybridized carbons (Fsp3) is 0.625. The van der Waals surface area contributed by atoms with Gasteiger partial charge in [0, 0.05) is 62.3 Å². The minimum Gasteiger partial charge on any atom is -0.371 e. The molecule has 12 heteroatoms. The number of hydrogen-bond donors (Lipinski definition) is 0. The fourth-order valence-corrected chi connectivity index (χ4v) is 8.06. The van der Waals surface area contributed by atoms with Crippen LogP contribution in [0.4, 0.5) is 5.69 Å². The van der Waals surface area contributed by atoms with Gasteiger partial charge in [0.25, 0.3) is 5.91 Å². The first-order valence-electron chi connectivity index (χ1n) is 15.8. The van der Waals surface area contributed by atoms with Crippen LogP contribution >= 0.6 is 11.6 Å². The highest BCUT2D eigenvalue weighted by Crippen LogP contribution is 2.30. The van der Waals surface area contributed by atoms with E-state index in [1.54, 1.807) is 13.1 Å². The van der Waals surface area contributed by atoms with E-state index in [2.05, 4.69) is 25.8 Å². The predicted octanol–water partition coefficient (Wildman–Crippen LogP) is 4.12. The second kappa shape index (κ2) is 14.1. The van der Waals surface area contributed by atoms with Crippen molar-refractivity contribution in [2.45, 2.75) is 70.4 Å². The number of piperidine rings is 3. The average molecular weight is 642 g/mol. The molecule has 44 heavy (non-hydrogen) atoms. The standard InChI is InChI=1S/C32H44ClN7O3S/c1-23-30(9-6-24-5-4-14-40(21-24)28-8-7-25(20-34)29(33)19-28)35-22-36-31(23)32(41)39-17-12-27(13-18-39)38-15-10-26(11-16-38)37(2)44(3,42)43/h7-8,19,22,24,26-27H,4-6,9-18,21H2,1-3H3. The molecule has 1 atom stereocenters. The van der Waals surface area contributed by atoms with Crippen LogP contribution in [0, 0.1) is 24.2 Å². The molecular weight excluding hydrogens is 598 g/mol. The first kappa shape index (κ1) is 32.6. The predicted molar refractivity (Wildman–Crippen MR) is 172 cm³/mol. The Balaban J connectivity index is 1.12. The van der Waals surface area contributed by atoms with Crippen molar-refractivity contribution in [3.63, 3.8) is 0 Å². The molecule has 1 amide bonds. The van der Waals surface area contributed by atoms with Gasteiger partial charge >= 0.3 is 0 Å². The lowest BCUT2D eigenvalue weighted by molar-refractivity contribution is 0.0542. The summed E-state index contributed by atoms with van der Waals surface area (Å²) >= 11 is 6.29. The molecule has 1 unspecified atom stereocenters. The molecule has 3 saturated heterocycles. The van der Waals surface area contributed by atoms with E-state index < -0.39 is 10.0 Å². The third-order valence-corrected chi connectivity index (χ3v) is 11.6. The number of nitrogens with zero attached hydrogens (tertiary/aromatic N) is 7. The highest BCUT2D eigenvalue weighted by atomic mass is 35.5. The molecule has 0 radical (unpaired) electrons. The van der Waals surface area contributed by atoms with E-state index >= 15 is 0 Å². The van der Waals surface area contributed by atoms with Crippen LogP contribution in [0.25, 0.3) is 0 Å². The number of likely N-dealkylation sites (tertiary alicyclic amines) is 2. The Morgan fingerprint density at radius 2 is 1.82 bits per heavy atom. The minimum absolute atomic E-state index is 0.0142. The monoisotopic (exact) mass is 641 g/mol. The number of anilines is 1. The second-order valence-electron chi connectivity index (χ2n) is 12.6. The van der Waals surface area contributed by atoms with Crippen molar-refractivity contribution in [1.82, 2.24) is 24.1 Å². The largest absolute Gasteiger partial charge is 0.371 e. The van der Waals surface area contributed by atoms with E-state index in [4.69, 9.17) is 11.6 Å². The lowest BCUT2D eigenvalue weighted by atomic mass is 9.91. The number of halogens is 1. The molecule has 10 nitrogen and oxygen atoms in total. The Labute approximate surface area is 267 Å². The summed E-state index contributed by atoms with van der Waals surface area (Å²) in [6.07, 6.45) is 10.3. The number of hydrogen-bond acceptors (Lipinski definition) is 8.